The van der Waals surface area contributed by atoms with Gasteiger partial charge in [-0.1, -0.05) is 0 Å². The van der Waals surface area contributed by atoms with Crippen LogP contribution in [0.5, 0.6) is 5.75 Å². The molecule has 0 saturated heterocycles. The Morgan fingerprint density at radius 3 is 2.73 bits per heavy atom. The van der Waals surface area contributed by atoms with Crippen molar-refractivity contribution in [3.8, 4) is 5.75 Å². The van der Waals surface area contributed by atoms with Crippen LogP contribution in [0.1, 0.15) is 39.2 Å². The molecule has 1 aromatic carbocycles. The highest BCUT2D eigenvalue weighted by Gasteiger charge is 2.26. The fraction of sp³-hybridized carbons (Fsp3) is 0.444. The van der Waals surface area contributed by atoms with E-state index in [9.17, 15) is 14.7 Å². The zero-order valence-corrected chi connectivity index (χ0v) is 15.3. The topological polar surface area (TPSA) is 106 Å². The standard InChI is InChI=1S/C18H25N5O3/c1-4-23(5-2)14-7-6-13(16(24)10-14)11-19-21-17(25)9-8-15-12(3)20-22-18(15)26/h6-7,10-11,15,24H,4-5,8-9H2,1-3H3,(H,21,25)(H,22,26)/b19-11-/t15-/m1/s1. The van der Waals surface area contributed by atoms with Gasteiger partial charge in [-0.15, -0.1) is 0 Å². The van der Waals surface area contributed by atoms with Gasteiger partial charge in [0.2, 0.25) is 11.8 Å². The molecule has 0 unspecified atom stereocenters. The number of hydrogen-bond acceptors (Lipinski definition) is 6. The molecule has 0 spiro atoms. The van der Waals surface area contributed by atoms with E-state index in [-0.39, 0.29) is 29.9 Å². The third kappa shape index (κ3) is 4.81. The first-order valence-electron chi connectivity index (χ1n) is 8.70. The Kier molecular flexibility index (Phi) is 6.71. The highest BCUT2D eigenvalue weighted by molar-refractivity contribution is 6.07. The number of nitrogens with zero attached hydrogens (tertiary/aromatic N) is 3. The van der Waals surface area contributed by atoms with Gasteiger partial charge in [0.05, 0.1) is 12.1 Å². The smallest absolute Gasteiger partial charge is 0.248 e. The van der Waals surface area contributed by atoms with Crippen molar-refractivity contribution >= 4 is 29.4 Å². The van der Waals surface area contributed by atoms with Crippen LogP contribution in [-0.4, -0.2) is 41.9 Å². The fourth-order valence-corrected chi connectivity index (χ4v) is 2.76. The quantitative estimate of drug-likeness (QED) is 0.484. The maximum atomic E-state index is 11.8. The number of amides is 2. The maximum Gasteiger partial charge on any atom is 0.248 e. The van der Waals surface area contributed by atoms with Crippen molar-refractivity contribution in [3.63, 3.8) is 0 Å². The van der Waals surface area contributed by atoms with Crippen LogP contribution in [0.25, 0.3) is 0 Å². The van der Waals surface area contributed by atoms with Gasteiger partial charge in [0, 0.05) is 42.5 Å². The molecule has 2 amide bonds. The summed E-state index contributed by atoms with van der Waals surface area (Å²) < 4.78 is 0. The average molecular weight is 359 g/mol. The molecule has 8 heteroatoms. The number of aromatic hydroxyl groups is 1. The number of phenolic OH excluding ortho intramolecular Hbond substituents is 1. The molecule has 1 heterocycles. The molecule has 26 heavy (non-hydrogen) atoms. The van der Waals surface area contributed by atoms with Crippen LogP contribution in [0.15, 0.2) is 28.4 Å². The van der Waals surface area contributed by atoms with E-state index in [1.165, 1.54) is 6.21 Å². The van der Waals surface area contributed by atoms with Crippen LogP contribution in [0.2, 0.25) is 0 Å². The molecule has 0 aliphatic carbocycles. The minimum atomic E-state index is -0.360. The van der Waals surface area contributed by atoms with Gasteiger partial charge in [0.1, 0.15) is 5.75 Å². The molecular weight excluding hydrogens is 334 g/mol. The summed E-state index contributed by atoms with van der Waals surface area (Å²) in [7, 11) is 0. The van der Waals surface area contributed by atoms with Crippen molar-refractivity contribution in [2.75, 3.05) is 18.0 Å². The van der Waals surface area contributed by atoms with Gasteiger partial charge in [0.15, 0.2) is 0 Å². The minimum Gasteiger partial charge on any atom is -0.507 e. The maximum absolute atomic E-state index is 11.8. The summed E-state index contributed by atoms with van der Waals surface area (Å²) in [5, 5.41) is 17.8. The number of hydrazone groups is 2. The molecule has 0 bridgehead atoms. The lowest BCUT2D eigenvalue weighted by molar-refractivity contribution is -0.123. The van der Waals surface area contributed by atoms with Gasteiger partial charge in [-0.25, -0.2) is 10.9 Å². The summed E-state index contributed by atoms with van der Waals surface area (Å²) in [5.74, 6) is -0.742. The van der Waals surface area contributed by atoms with Gasteiger partial charge in [-0.3, -0.25) is 9.59 Å². The molecule has 0 saturated carbocycles. The molecular formula is C18H25N5O3. The molecule has 1 aliphatic rings. The first-order chi connectivity index (χ1) is 12.5. The van der Waals surface area contributed by atoms with Crippen LogP contribution in [0, 0.1) is 5.92 Å². The Bertz CT molecular complexity index is 726. The fourth-order valence-electron chi connectivity index (χ4n) is 2.76. The van der Waals surface area contributed by atoms with E-state index >= 15 is 0 Å². The molecule has 8 nitrogen and oxygen atoms in total. The van der Waals surface area contributed by atoms with Gasteiger partial charge >= 0.3 is 0 Å². The second-order valence-electron chi connectivity index (χ2n) is 6.03. The van der Waals surface area contributed by atoms with Crippen LogP contribution >= 0.6 is 0 Å². The van der Waals surface area contributed by atoms with Crippen LogP contribution < -0.4 is 15.8 Å². The molecule has 0 aromatic heterocycles. The summed E-state index contributed by atoms with van der Waals surface area (Å²) in [6, 6.07) is 5.33. The zero-order valence-electron chi connectivity index (χ0n) is 15.3. The molecule has 1 atom stereocenters. The molecule has 1 aliphatic heterocycles. The second kappa shape index (κ2) is 8.98. The van der Waals surface area contributed by atoms with Crippen LogP contribution in [0.3, 0.4) is 0 Å². The van der Waals surface area contributed by atoms with Crippen molar-refractivity contribution in [1.29, 1.82) is 0 Å². The predicted molar refractivity (Wildman–Crippen MR) is 101 cm³/mol. The van der Waals surface area contributed by atoms with E-state index in [2.05, 4.69) is 26.0 Å². The second-order valence-corrected chi connectivity index (χ2v) is 6.03. The average Bonchev–Trinajstić information content (AvgIpc) is 2.94. The Morgan fingerprint density at radius 2 is 2.15 bits per heavy atom. The molecule has 3 N–H and O–H groups in total. The molecule has 0 fully saturated rings. The van der Waals surface area contributed by atoms with Crippen molar-refractivity contribution in [1.82, 2.24) is 10.9 Å². The van der Waals surface area contributed by atoms with E-state index in [4.69, 9.17) is 0 Å². The minimum absolute atomic E-state index is 0.0989. The van der Waals surface area contributed by atoms with Crippen LogP contribution in [-0.2, 0) is 9.59 Å². The summed E-state index contributed by atoms with van der Waals surface area (Å²) in [5.41, 5.74) is 6.93. The summed E-state index contributed by atoms with van der Waals surface area (Å²) >= 11 is 0. The predicted octanol–water partition coefficient (Wildman–Crippen LogP) is 1.59. The molecule has 140 valence electrons. The van der Waals surface area contributed by atoms with E-state index in [0.717, 1.165) is 18.8 Å². The van der Waals surface area contributed by atoms with Crippen molar-refractivity contribution in [3.05, 3.63) is 23.8 Å². The van der Waals surface area contributed by atoms with E-state index in [0.29, 0.717) is 17.7 Å². The number of carbonyl (C=O) groups is 2. The highest BCUT2D eigenvalue weighted by atomic mass is 16.3. The number of hydrogen-bond donors (Lipinski definition) is 3. The Morgan fingerprint density at radius 1 is 1.42 bits per heavy atom. The van der Waals surface area contributed by atoms with E-state index < -0.39 is 0 Å². The van der Waals surface area contributed by atoms with Crippen molar-refractivity contribution in [2.24, 2.45) is 16.1 Å². The number of anilines is 1. The number of phenols is 1. The molecule has 2 rings (SSSR count). The SMILES string of the molecule is CCN(CC)c1ccc(/C=N\NC(=O)CC[C@H]2C(=O)NN=C2C)c(O)c1. The van der Waals surface area contributed by atoms with Crippen molar-refractivity contribution < 1.29 is 14.7 Å². The van der Waals surface area contributed by atoms with Gasteiger partial charge < -0.3 is 10.0 Å². The highest BCUT2D eigenvalue weighted by Crippen LogP contribution is 2.23. The third-order valence-electron chi connectivity index (χ3n) is 4.36. The Hall–Kier alpha value is -2.90. The lowest BCUT2D eigenvalue weighted by atomic mass is 9.99. The van der Waals surface area contributed by atoms with Gasteiger partial charge in [-0.05, 0) is 39.3 Å². The Balaban J connectivity index is 1.86. The number of rotatable bonds is 8. The van der Waals surface area contributed by atoms with E-state index in [1.807, 2.05) is 19.9 Å². The summed E-state index contributed by atoms with van der Waals surface area (Å²) in [6.07, 6.45) is 1.94. The zero-order chi connectivity index (χ0) is 19.1. The lowest BCUT2D eigenvalue weighted by Gasteiger charge is -2.21. The lowest BCUT2D eigenvalue weighted by Crippen LogP contribution is -2.25. The summed E-state index contributed by atoms with van der Waals surface area (Å²) in [4.78, 5) is 25.5. The van der Waals surface area contributed by atoms with E-state index in [1.54, 1.807) is 19.1 Å². The summed E-state index contributed by atoms with van der Waals surface area (Å²) in [6.45, 7) is 7.55. The molecule has 1 aromatic rings. The first kappa shape index (κ1) is 19.4. The number of carbonyl (C=O) groups excluding carboxylic acids is 2. The largest absolute Gasteiger partial charge is 0.507 e. The monoisotopic (exact) mass is 359 g/mol. The first-order valence-corrected chi connectivity index (χ1v) is 8.70. The normalized spacial score (nSPS) is 16.5. The van der Waals surface area contributed by atoms with Gasteiger partial charge in [-0.2, -0.15) is 10.2 Å². The molecule has 0 radical (unpaired) electrons. The van der Waals surface area contributed by atoms with Gasteiger partial charge in [0.25, 0.3) is 0 Å². The number of benzene rings is 1. The Labute approximate surface area is 153 Å². The van der Waals surface area contributed by atoms with Crippen molar-refractivity contribution in [2.45, 2.75) is 33.6 Å². The number of nitrogens with one attached hydrogen (secondary N) is 2. The third-order valence-corrected chi connectivity index (χ3v) is 4.36. The van der Waals surface area contributed by atoms with Crippen LogP contribution in [0.4, 0.5) is 5.69 Å².